The fourth-order valence-electron chi connectivity index (χ4n) is 1.81. The van der Waals surface area contributed by atoms with E-state index < -0.39 is 23.0 Å². The maximum atomic E-state index is 13.8. The summed E-state index contributed by atoms with van der Waals surface area (Å²) in [5.74, 6) is -2.46. The lowest BCUT2D eigenvalue weighted by molar-refractivity contribution is 0.0985. The van der Waals surface area contributed by atoms with E-state index in [1.165, 1.54) is 7.11 Å². The average Bonchev–Trinajstić information content (AvgIpc) is 2.40. The van der Waals surface area contributed by atoms with Gasteiger partial charge in [0.25, 0.3) is 0 Å². The first-order valence-corrected chi connectivity index (χ1v) is 6.19. The normalized spacial score (nSPS) is 10.4. The summed E-state index contributed by atoms with van der Waals surface area (Å²) in [5.41, 5.74) is 0.0785. The molecule has 2 aromatic carbocycles. The van der Waals surface area contributed by atoms with Gasteiger partial charge in [0.1, 0.15) is 17.4 Å². The molecule has 2 rings (SSSR count). The molecule has 0 bridgehead atoms. The highest BCUT2D eigenvalue weighted by molar-refractivity contribution is 6.30. The second-order valence-electron chi connectivity index (χ2n) is 4.19. The Labute approximate surface area is 119 Å². The molecule has 0 amide bonds. The summed E-state index contributed by atoms with van der Waals surface area (Å²) in [6.07, 6.45) is -0.0999. The third kappa shape index (κ3) is 3.14. The maximum Gasteiger partial charge on any atom is 0.173 e. The molecule has 0 aliphatic carbocycles. The van der Waals surface area contributed by atoms with Gasteiger partial charge >= 0.3 is 0 Å². The van der Waals surface area contributed by atoms with Crippen LogP contribution in [0.3, 0.4) is 0 Å². The Morgan fingerprint density at radius 1 is 1.15 bits per heavy atom. The van der Waals surface area contributed by atoms with E-state index in [0.29, 0.717) is 10.6 Å². The molecule has 0 aliphatic heterocycles. The van der Waals surface area contributed by atoms with E-state index >= 15 is 0 Å². The molecule has 20 heavy (non-hydrogen) atoms. The van der Waals surface area contributed by atoms with Crippen molar-refractivity contribution in [1.29, 1.82) is 0 Å². The first-order valence-electron chi connectivity index (χ1n) is 5.82. The van der Waals surface area contributed by atoms with Crippen LogP contribution in [0.2, 0.25) is 5.02 Å². The van der Waals surface area contributed by atoms with E-state index in [9.17, 15) is 13.6 Å². The highest BCUT2D eigenvalue weighted by Crippen LogP contribution is 2.22. The van der Waals surface area contributed by atoms with Gasteiger partial charge in [0.2, 0.25) is 0 Å². The number of benzene rings is 2. The van der Waals surface area contributed by atoms with Crippen LogP contribution in [0.25, 0.3) is 0 Å². The first-order chi connectivity index (χ1) is 9.51. The van der Waals surface area contributed by atoms with Gasteiger partial charge in [0, 0.05) is 23.6 Å². The van der Waals surface area contributed by atoms with Crippen LogP contribution in [0.15, 0.2) is 36.4 Å². The van der Waals surface area contributed by atoms with Crippen LogP contribution in [0.1, 0.15) is 15.9 Å². The molecule has 104 valence electrons. The van der Waals surface area contributed by atoms with Crippen molar-refractivity contribution >= 4 is 17.4 Å². The van der Waals surface area contributed by atoms with Gasteiger partial charge in [-0.3, -0.25) is 4.79 Å². The lowest BCUT2D eigenvalue weighted by atomic mass is 10.0. The largest absolute Gasteiger partial charge is 0.497 e. The van der Waals surface area contributed by atoms with Crippen LogP contribution in [0.5, 0.6) is 5.75 Å². The zero-order chi connectivity index (χ0) is 14.7. The predicted molar refractivity (Wildman–Crippen MR) is 72.4 cm³/mol. The summed E-state index contributed by atoms with van der Waals surface area (Å²) in [6.45, 7) is 0. The monoisotopic (exact) mass is 296 g/mol. The van der Waals surface area contributed by atoms with Crippen LogP contribution in [-0.4, -0.2) is 12.9 Å². The molecular weight excluding hydrogens is 286 g/mol. The molecule has 0 aromatic heterocycles. The Kier molecular flexibility index (Phi) is 4.35. The first kappa shape index (κ1) is 14.5. The molecule has 5 heteroatoms. The molecule has 0 N–H and O–H groups in total. The molecule has 0 saturated carbocycles. The fraction of sp³-hybridized carbons (Fsp3) is 0.133. The van der Waals surface area contributed by atoms with E-state index in [1.54, 1.807) is 24.3 Å². The highest BCUT2D eigenvalue weighted by Gasteiger charge is 2.19. The molecule has 0 spiro atoms. The average molecular weight is 297 g/mol. The van der Waals surface area contributed by atoms with Crippen molar-refractivity contribution in [2.45, 2.75) is 6.42 Å². The van der Waals surface area contributed by atoms with E-state index in [0.717, 1.165) is 12.1 Å². The lowest BCUT2D eigenvalue weighted by Crippen LogP contribution is -2.09. The standard InChI is InChI=1S/C15H11ClF2O2/c1-20-11-7-12(17)15(13(18)8-11)14(19)6-9-2-4-10(16)5-3-9/h2-5,7-8H,6H2,1H3. The van der Waals surface area contributed by atoms with Crippen LogP contribution in [0.4, 0.5) is 8.78 Å². The van der Waals surface area contributed by atoms with E-state index in [1.807, 2.05) is 0 Å². The van der Waals surface area contributed by atoms with Gasteiger partial charge in [0.05, 0.1) is 12.7 Å². The highest BCUT2D eigenvalue weighted by atomic mass is 35.5. The summed E-state index contributed by atoms with van der Waals surface area (Å²) >= 11 is 5.73. The number of halogens is 3. The van der Waals surface area contributed by atoms with Gasteiger partial charge in [-0.2, -0.15) is 0 Å². The number of methoxy groups -OCH3 is 1. The topological polar surface area (TPSA) is 26.3 Å². The molecule has 2 nitrogen and oxygen atoms in total. The Balaban J connectivity index is 2.27. The molecule has 0 fully saturated rings. The zero-order valence-corrected chi connectivity index (χ0v) is 11.4. The minimum atomic E-state index is -0.930. The molecule has 0 radical (unpaired) electrons. The van der Waals surface area contributed by atoms with Crippen LogP contribution in [0, 0.1) is 11.6 Å². The number of hydrogen-bond donors (Lipinski definition) is 0. The molecule has 0 unspecified atom stereocenters. The third-order valence-corrected chi connectivity index (χ3v) is 3.06. The molecule has 0 saturated heterocycles. The van der Waals surface area contributed by atoms with Crippen LogP contribution < -0.4 is 4.74 Å². The third-order valence-electron chi connectivity index (χ3n) is 2.81. The summed E-state index contributed by atoms with van der Waals surface area (Å²) in [4.78, 5) is 12.0. The molecule has 0 atom stereocenters. The lowest BCUT2D eigenvalue weighted by Gasteiger charge is -2.07. The summed E-state index contributed by atoms with van der Waals surface area (Å²) in [6, 6.07) is 8.48. The number of carbonyl (C=O) groups excluding carboxylic acids is 1. The molecule has 0 aliphatic rings. The van der Waals surface area contributed by atoms with Gasteiger partial charge in [0.15, 0.2) is 5.78 Å². The Hall–Kier alpha value is -1.94. The van der Waals surface area contributed by atoms with E-state index in [4.69, 9.17) is 16.3 Å². The smallest absolute Gasteiger partial charge is 0.173 e. The van der Waals surface area contributed by atoms with Crippen molar-refractivity contribution in [3.63, 3.8) is 0 Å². The van der Waals surface area contributed by atoms with Crippen molar-refractivity contribution in [2.75, 3.05) is 7.11 Å². The molecule has 2 aromatic rings. The summed E-state index contributed by atoms with van der Waals surface area (Å²) in [7, 11) is 1.30. The van der Waals surface area contributed by atoms with Gasteiger partial charge in [-0.1, -0.05) is 23.7 Å². The second-order valence-corrected chi connectivity index (χ2v) is 4.63. The van der Waals surface area contributed by atoms with Gasteiger partial charge < -0.3 is 4.74 Å². The van der Waals surface area contributed by atoms with Crippen molar-refractivity contribution in [1.82, 2.24) is 0 Å². The second kappa shape index (κ2) is 6.01. The number of Topliss-reactive ketones (excluding diaryl/α,β-unsaturated/α-hetero) is 1. The van der Waals surface area contributed by atoms with Gasteiger partial charge in [-0.05, 0) is 17.7 Å². The quantitative estimate of drug-likeness (QED) is 0.796. The minimum Gasteiger partial charge on any atom is -0.497 e. The van der Waals surface area contributed by atoms with Crippen molar-refractivity contribution in [3.05, 3.63) is 64.2 Å². The minimum absolute atomic E-state index is 0.0306. The van der Waals surface area contributed by atoms with Crippen molar-refractivity contribution < 1.29 is 18.3 Å². The molecular formula is C15H11ClF2O2. The number of carbonyl (C=O) groups is 1. The number of hydrogen-bond acceptors (Lipinski definition) is 2. The zero-order valence-electron chi connectivity index (χ0n) is 10.6. The number of ether oxygens (including phenoxy) is 1. The Bertz CT molecular complexity index is 616. The van der Waals surface area contributed by atoms with Gasteiger partial charge in [-0.15, -0.1) is 0 Å². The predicted octanol–water partition coefficient (Wildman–Crippen LogP) is 4.05. The number of ketones is 1. The fourth-order valence-corrected chi connectivity index (χ4v) is 1.94. The number of rotatable bonds is 4. The SMILES string of the molecule is COc1cc(F)c(C(=O)Cc2ccc(Cl)cc2)c(F)c1. The Morgan fingerprint density at radius 2 is 1.70 bits per heavy atom. The van der Waals surface area contributed by atoms with E-state index in [-0.39, 0.29) is 12.2 Å². The molecule has 0 heterocycles. The van der Waals surface area contributed by atoms with Crippen LogP contribution >= 0.6 is 11.6 Å². The van der Waals surface area contributed by atoms with Crippen molar-refractivity contribution in [2.24, 2.45) is 0 Å². The van der Waals surface area contributed by atoms with E-state index in [2.05, 4.69) is 0 Å². The van der Waals surface area contributed by atoms with Crippen LogP contribution in [-0.2, 0) is 6.42 Å². The Morgan fingerprint density at radius 3 is 2.20 bits per heavy atom. The summed E-state index contributed by atoms with van der Waals surface area (Å²) < 4.78 is 32.2. The van der Waals surface area contributed by atoms with Gasteiger partial charge in [-0.25, -0.2) is 8.78 Å². The van der Waals surface area contributed by atoms with Crippen molar-refractivity contribution in [3.8, 4) is 5.75 Å². The summed E-state index contributed by atoms with van der Waals surface area (Å²) in [5, 5.41) is 0.531. The maximum absolute atomic E-state index is 13.8.